The molecule has 6 rings (SSSR count). The van der Waals surface area contributed by atoms with Gasteiger partial charge in [-0.25, -0.2) is 0 Å². The van der Waals surface area contributed by atoms with Crippen LogP contribution in [-0.4, -0.2) is 39.5 Å². The van der Waals surface area contributed by atoms with E-state index in [-0.39, 0.29) is 35.4 Å². The highest BCUT2D eigenvalue weighted by atomic mass is 16.3. The highest BCUT2D eigenvalue weighted by molar-refractivity contribution is 6.11. The minimum absolute atomic E-state index is 0.0402. The van der Waals surface area contributed by atoms with Gasteiger partial charge in [0.1, 0.15) is 6.04 Å². The second-order valence-corrected chi connectivity index (χ2v) is 9.01. The van der Waals surface area contributed by atoms with Gasteiger partial charge in [-0.1, -0.05) is 43.5 Å². The van der Waals surface area contributed by atoms with E-state index in [1.165, 1.54) is 11.2 Å². The van der Waals surface area contributed by atoms with Crippen LogP contribution in [0.25, 0.3) is 6.08 Å². The van der Waals surface area contributed by atoms with Gasteiger partial charge in [-0.3, -0.25) is 19.3 Å². The van der Waals surface area contributed by atoms with E-state index in [0.29, 0.717) is 0 Å². The summed E-state index contributed by atoms with van der Waals surface area (Å²) in [4.78, 5) is 44.4. The highest BCUT2D eigenvalue weighted by Gasteiger charge is 2.65. The molecule has 2 amide bonds. The van der Waals surface area contributed by atoms with Crippen LogP contribution in [0, 0.1) is 11.8 Å². The molecular weight excluding hydrogens is 392 g/mol. The largest absolute Gasteiger partial charge is 0.461 e. The first kappa shape index (κ1) is 18.6. The number of imide groups is 1. The average molecular weight is 416 g/mol. The molecule has 3 fully saturated rings. The van der Waals surface area contributed by atoms with Crippen LogP contribution >= 0.6 is 0 Å². The summed E-state index contributed by atoms with van der Waals surface area (Å²) < 4.78 is 5.40. The summed E-state index contributed by atoms with van der Waals surface area (Å²) in [7, 11) is 0. The number of Topliss-reactive ketones (excluding diaryl/α,β-unsaturated/α-hetero) is 1. The van der Waals surface area contributed by atoms with Crippen LogP contribution in [0.2, 0.25) is 0 Å². The van der Waals surface area contributed by atoms with Crippen LogP contribution < -0.4 is 0 Å². The quantitative estimate of drug-likeness (QED) is 0.562. The van der Waals surface area contributed by atoms with Gasteiger partial charge in [-0.05, 0) is 42.2 Å². The first-order valence-electron chi connectivity index (χ1n) is 11.2. The van der Waals surface area contributed by atoms with Crippen LogP contribution in [0.1, 0.15) is 59.8 Å². The van der Waals surface area contributed by atoms with Crippen molar-refractivity contribution in [1.29, 1.82) is 0 Å². The van der Waals surface area contributed by atoms with Crippen molar-refractivity contribution in [3.63, 3.8) is 0 Å². The third-order valence-corrected chi connectivity index (χ3v) is 7.47. The van der Waals surface area contributed by atoms with Crippen molar-refractivity contribution in [2.45, 2.75) is 50.2 Å². The fourth-order valence-corrected chi connectivity index (χ4v) is 6.14. The highest BCUT2D eigenvalue weighted by Crippen LogP contribution is 2.53. The molecule has 0 N–H and O–H groups in total. The van der Waals surface area contributed by atoms with E-state index >= 15 is 0 Å². The molecule has 1 saturated carbocycles. The molecule has 3 aliphatic heterocycles. The van der Waals surface area contributed by atoms with Gasteiger partial charge in [0.25, 0.3) is 0 Å². The molecule has 1 aromatic carbocycles. The Hall–Kier alpha value is -3.15. The minimum atomic E-state index is -0.740. The molecule has 1 aliphatic carbocycles. The van der Waals surface area contributed by atoms with E-state index in [2.05, 4.69) is 0 Å². The number of furan rings is 1. The van der Waals surface area contributed by atoms with Gasteiger partial charge in [-0.2, -0.15) is 0 Å². The Kier molecular flexibility index (Phi) is 4.16. The normalized spacial score (nSPS) is 29.8. The van der Waals surface area contributed by atoms with Crippen molar-refractivity contribution in [2.24, 2.45) is 11.8 Å². The van der Waals surface area contributed by atoms with E-state index in [1.54, 1.807) is 12.1 Å². The number of ketones is 1. The zero-order valence-electron chi connectivity index (χ0n) is 17.1. The summed E-state index contributed by atoms with van der Waals surface area (Å²) in [5.74, 6) is -1.55. The SMILES string of the molecule is O=C(c1ccco1)[C@@H]1[C@@H]2C(=O)N(C3CCCCC3)C(=O)[C@H]2[C@@H]2c3ccccc3C=CN12. The smallest absolute Gasteiger partial charge is 0.236 e. The maximum atomic E-state index is 13.7. The predicted molar refractivity (Wildman–Crippen MR) is 113 cm³/mol. The van der Waals surface area contributed by atoms with Gasteiger partial charge >= 0.3 is 0 Å². The lowest BCUT2D eigenvalue weighted by Crippen LogP contribution is -2.47. The number of fused-ring (bicyclic) bond motifs is 5. The molecule has 0 bridgehead atoms. The lowest BCUT2D eigenvalue weighted by Gasteiger charge is -2.37. The minimum Gasteiger partial charge on any atom is -0.461 e. The van der Waals surface area contributed by atoms with Gasteiger partial charge < -0.3 is 9.32 Å². The van der Waals surface area contributed by atoms with Crippen LogP contribution in [-0.2, 0) is 9.59 Å². The number of hydrogen-bond donors (Lipinski definition) is 0. The van der Waals surface area contributed by atoms with E-state index in [1.807, 2.05) is 41.4 Å². The Morgan fingerprint density at radius 3 is 2.48 bits per heavy atom. The van der Waals surface area contributed by atoms with Crippen LogP contribution in [0.4, 0.5) is 0 Å². The zero-order valence-corrected chi connectivity index (χ0v) is 17.1. The summed E-state index contributed by atoms with van der Waals surface area (Å²) in [5, 5.41) is 0. The zero-order chi connectivity index (χ0) is 21.1. The predicted octanol–water partition coefficient (Wildman–Crippen LogP) is 3.81. The molecule has 2 aromatic rings. The first-order chi connectivity index (χ1) is 15.2. The van der Waals surface area contributed by atoms with E-state index in [0.717, 1.165) is 43.2 Å². The Morgan fingerprint density at radius 2 is 1.71 bits per heavy atom. The Balaban J connectivity index is 1.47. The third-order valence-electron chi connectivity index (χ3n) is 7.47. The first-order valence-corrected chi connectivity index (χ1v) is 11.2. The summed E-state index contributed by atoms with van der Waals surface area (Å²) in [6.07, 6.45) is 10.2. The lowest BCUT2D eigenvalue weighted by molar-refractivity contribution is -0.144. The molecule has 0 spiro atoms. The number of rotatable bonds is 3. The van der Waals surface area contributed by atoms with Gasteiger partial charge in [0.05, 0.1) is 24.1 Å². The van der Waals surface area contributed by atoms with Crippen molar-refractivity contribution in [2.75, 3.05) is 0 Å². The molecule has 4 aliphatic rings. The number of carbonyl (C=O) groups excluding carboxylic acids is 3. The molecule has 6 nitrogen and oxygen atoms in total. The molecule has 4 heterocycles. The van der Waals surface area contributed by atoms with Crippen molar-refractivity contribution in [3.05, 3.63) is 65.7 Å². The van der Waals surface area contributed by atoms with E-state index < -0.39 is 17.9 Å². The summed E-state index contributed by atoms with van der Waals surface area (Å²) in [6, 6.07) is 10.1. The Labute approximate surface area is 180 Å². The fraction of sp³-hybridized carbons (Fsp3) is 0.400. The average Bonchev–Trinajstić information content (AvgIpc) is 3.50. The molecular formula is C25H24N2O4. The number of benzene rings is 1. The number of carbonyl (C=O) groups is 3. The maximum absolute atomic E-state index is 13.7. The second-order valence-electron chi connectivity index (χ2n) is 9.01. The van der Waals surface area contributed by atoms with Crippen molar-refractivity contribution >= 4 is 23.7 Å². The van der Waals surface area contributed by atoms with Crippen molar-refractivity contribution < 1.29 is 18.8 Å². The van der Waals surface area contributed by atoms with E-state index in [9.17, 15) is 14.4 Å². The summed E-state index contributed by atoms with van der Waals surface area (Å²) >= 11 is 0. The molecule has 31 heavy (non-hydrogen) atoms. The third kappa shape index (κ3) is 2.60. The lowest BCUT2D eigenvalue weighted by atomic mass is 9.84. The number of likely N-dealkylation sites (tertiary alicyclic amines) is 1. The van der Waals surface area contributed by atoms with Crippen molar-refractivity contribution in [1.82, 2.24) is 9.80 Å². The molecule has 1 aromatic heterocycles. The number of hydrogen-bond acceptors (Lipinski definition) is 5. The van der Waals surface area contributed by atoms with Crippen LogP contribution in [0.3, 0.4) is 0 Å². The van der Waals surface area contributed by atoms with Gasteiger partial charge in [-0.15, -0.1) is 0 Å². The molecule has 2 saturated heterocycles. The molecule has 4 atom stereocenters. The standard InChI is InChI=1S/C25H24N2O4/c28-23(18-11-6-14-31-18)22-20-19(21-17-10-5-4-7-15(17)12-13-26(21)22)24(29)27(25(20)30)16-8-2-1-3-9-16/h4-7,10-14,16,19-22H,1-3,8-9H2/t19-,20-,21+,22+/m1/s1. The second kappa shape index (κ2) is 6.94. The summed E-state index contributed by atoms with van der Waals surface area (Å²) in [6.45, 7) is 0. The summed E-state index contributed by atoms with van der Waals surface area (Å²) in [5.41, 5.74) is 2.03. The van der Waals surface area contributed by atoms with Gasteiger partial charge in [0.2, 0.25) is 17.6 Å². The van der Waals surface area contributed by atoms with Crippen LogP contribution in [0.5, 0.6) is 0 Å². The molecule has 6 heteroatoms. The maximum Gasteiger partial charge on any atom is 0.236 e. The number of nitrogens with zero attached hydrogens (tertiary/aromatic N) is 2. The molecule has 0 radical (unpaired) electrons. The van der Waals surface area contributed by atoms with Gasteiger partial charge in [0, 0.05) is 12.2 Å². The monoisotopic (exact) mass is 416 g/mol. The Bertz CT molecular complexity index is 1080. The molecule has 158 valence electrons. The van der Waals surface area contributed by atoms with E-state index in [4.69, 9.17) is 4.42 Å². The van der Waals surface area contributed by atoms with Crippen molar-refractivity contribution in [3.8, 4) is 0 Å². The molecule has 0 unspecified atom stereocenters. The van der Waals surface area contributed by atoms with Crippen LogP contribution in [0.15, 0.2) is 53.3 Å². The topological polar surface area (TPSA) is 70.8 Å². The fourth-order valence-electron chi connectivity index (χ4n) is 6.14. The number of amides is 2. The van der Waals surface area contributed by atoms with Gasteiger partial charge in [0.15, 0.2) is 5.76 Å². The Morgan fingerprint density at radius 1 is 0.935 bits per heavy atom.